The number of nitrogens with zero attached hydrogens (tertiary/aromatic N) is 1. The van der Waals surface area contributed by atoms with Gasteiger partial charge in [-0.25, -0.2) is 0 Å². The summed E-state index contributed by atoms with van der Waals surface area (Å²) in [6, 6.07) is 12.9. The Bertz CT molecular complexity index is 803. The van der Waals surface area contributed by atoms with Crippen molar-refractivity contribution in [2.45, 2.75) is 6.92 Å². The number of hydrogen-bond acceptors (Lipinski definition) is 0. The lowest BCUT2D eigenvalue weighted by atomic mass is 10.0. The monoisotopic (exact) mass is 247 g/mol. The first-order valence-corrected chi connectivity index (χ1v) is 6.53. The molecule has 0 aliphatic rings. The zero-order valence-corrected chi connectivity index (χ0v) is 11.4. The van der Waals surface area contributed by atoms with Gasteiger partial charge in [0.25, 0.3) is 0 Å². The highest BCUT2D eigenvalue weighted by molar-refractivity contribution is 6.11. The second-order valence-corrected chi connectivity index (χ2v) is 4.74. The van der Waals surface area contributed by atoms with Gasteiger partial charge in [-0.1, -0.05) is 55.1 Å². The summed E-state index contributed by atoms with van der Waals surface area (Å²) >= 11 is 0. The van der Waals surface area contributed by atoms with E-state index in [0.29, 0.717) is 0 Å². The molecule has 0 saturated carbocycles. The largest absolute Gasteiger partial charge is 0.343 e. The molecule has 0 aliphatic carbocycles. The van der Waals surface area contributed by atoms with E-state index >= 15 is 0 Å². The molecule has 0 N–H and O–H groups in total. The summed E-state index contributed by atoms with van der Waals surface area (Å²) in [7, 11) is 2.13. The minimum Gasteiger partial charge on any atom is -0.343 e. The number of aromatic nitrogens is 1. The third-order valence-corrected chi connectivity index (χ3v) is 3.70. The van der Waals surface area contributed by atoms with Crippen molar-refractivity contribution in [2.24, 2.45) is 7.05 Å². The summed E-state index contributed by atoms with van der Waals surface area (Å²) in [6.07, 6.45) is 6.17. The van der Waals surface area contributed by atoms with Crippen LogP contribution >= 0.6 is 0 Å². The molecular weight excluding hydrogens is 230 g/mol. The molecule has 0 fully saturated rings. The molecule has 94 valence electrons. The summed E-state index contributed by atoms with van der Waals surface area (Å²) in [4.78, 5) is 0. The second-order valence-electron chi connectivity index (χ2n) is 4.74. The SMILES string of the molecule is C=Cc1ccc2c3ccccc3n(C)c2c1/C=C\C. The molecule has 1 aromatic heterocycles. The van der Waals surface area contributed by atoms with Crippen LogP contribution in [0.25, 0.3) is 34.0 Å². The molecule has 1 nitrogen and oxygen atoms in total. The van der Waals surface area contributed by atoms with Gasteiger partial charge in [0, 0.05) is 28.9 Å². The highest BCUT2D eigenvalue weighted by Gasteiger charge is 2.11. The van der Waals surface area contributed by atoms with E-state index in [2.05, 4.69) is 66.7 Å². The van der Waals surface area contributed by atoms with E-state index in [0.717, 1.165) is 0 Å². The summed E-state index contributed by atoms with van der Waals surface area (Å²) in [5.41, 5.74) is 4.96. The zero-order chi connectivity index (χ0) is 13.4. The number of rotatable bonds is 2. The van der Waals surface area contributed by atoms with Gasteiger partial charge in [0.2, 0.25) is 0 Å². The van der Waals surface area contributed by atoms with Crippen molar-refractivity contribution in [3.63, 3.8) is 0 Å². The lowest BCUT2D eigenvalue weighted by Crippen LogP contribution is -1.91. The Kier molecular flexibility index (Phi) is 2.75. The van der Waals surface area contributed by atoms with Crippen LogP contribution in [0.15, 0.2) is 49.1 Å². The van der Waals surface area contributed by atoms with Crippen LogP contribution in [-0.4, -0.2) is 4.57 Å². The van der Waals surface area contributed by atoms with Gasteiger partial charge in [0.05, 0.1) is 5.52 Å². The molecule has 3 aromatic rings. The normalized spacial score (nSPS) is 11.7. The molecule has 3 rings (SSSR count). The van der Waals surface area contributed by atoms with Crippen LogP contribution < -0.4 is 0 Å². The van der Waals surface area contributed by atoms with Crippen molar-refractivity contribution in [3.05, 3.63) is 60.2 Å². The van der Waals surface area contributed by atoms with Crippen LogP contribution in [0, 0.1) is 0 Å². The quantitative estimate of drug-likeness (QED) is 0.600. The van der Waals surface area contributed by atoms with Gasteiger partial charge in [0.15, 0.2) is 0 Å². The molecule has 2 aromatic carbocycles. The molecule has 0 spiro atoms. The number of fused-ring (bicyclic) bond motifs is 3. The Balaban J connectivity index is 2.58. The highest BCUT2D eigenvalue weighted by atomic mass is 14.9. The topological polar surface area (TPSA) is 4.93 Å². The lowest BCUT2D eigenvalue weighted by molar-refractivity contribution is 1.01. The Hall–Kier alpha value is -2.28. The highest BCUT2D eigenvalue weighted by Crippen LogP contribution is 2.32. The smallest absolute Gasteiger partial charge is 0.0568 e. The zero-order valence-electron chi connectivity index (χ0n) is 11.4. The molecule has 0 unspecified atom stereocenters. The molecule has 19 heavy (non-hydrogen) atoms. The van der Waals surface area contributed by atoms with Gasteiger partial charge in [-0.2, -0.15) is 0 Å². The lowest BCUT2D eigenvalue weighted by Gasteiger charge is -2.06. The Morgan fingerprint density at radius 3 is 2.58 bits per heavy atom. The van der Waals surface area contributed by atoms with E-state index in [-0.39, 0.29) is 0 Å². The molecule has 1 heterocycles. The fraction of sp³-hybridized carbons (Fsp3) is 0.111. The molecule has 0 aliphatic heterocycles. The summed E-state index contributed by atoms with van der Waals surface area (Å²) in [5.74, 6) is 0. The molecular formula is C18H17N. The molecule has 0 radical (unpaired) electrons. The molecule has 0 atom stereocenters. The van der Waals surface area contributed by atoms with Crippen LogP contribution in [0.2, 0.25) is 0 Å². The molecule has 0 amide bonds. The second kappa shape index (κ2) is 4.43. The van der Waals surface area contributed by atoms with Crippen LogP contribution in [-0.2, 0) is 7.05 Å². The predicted octanol–water partition coefficient (Wildman–Crippen LogP) is 5.01. The summed E-state index contributed by atoms with van der Waals surface area (Å²) in [5, 5.41) is 2.61. The first kappa shape index (κ1) is 11.8. The van der Waals surface area contributed by atoms with Gasteiger partial charge in [-0.3, -0.25) is 0 Å². The Morgan fingerprint density at radius 2 is 1.84 bits per heavy atom. The van der Waals surface area contributed by atoms with E-state index < -0.39 is 0 Å². The fourth-order valence-corrected chi connectivity index (χ4v) is 2.84. The standard InChI is InChI=1S/C18H17N/c1-4-8-14-13(5-2)11-12-16-15-9-6-7-10-17(15)19(3)18(14)16/h4-12H,2H2,1,3H3/b8-4-. The van der Waals surface area contributed by atoms with Crippen molar-refractivity contribution in [1.82, 2.24) is 4.57 Å². The predicted molar refractivity (Wildman–Crippen MR) is 85.2 cm³/mol. The van der Waals surface area contributed by atoms with Crippen LogP contribution in [0.1, 0.15) is 18.1 Å². The van der Waals surface area contributed by atoms with Gasteiger partial charge in [-0.15, -0.1) is 0 Å². The van der Waals surface area contributed by atoms with Gasteiger partial charge in [-0.05, 0) is 18.6 Å². The van der Waals surface area contributed by atoms with Crippen LogP contribution in [0.3, 0.4) is 0 Å². The number of allylic oxidation sites excluding steroid dienone is 1. The van der Waals surface area contributed by atoms with E-state index in [4.69, 9.17) is 0 Å². The van der Waals surface area contributed by atoms with Crippen molar-refractivity contribution >= 4 is 34.0 Å². The van der Waals surface area contributed by atoms with Crippen molar-refractivity contribution in [2.75, 3.05) is 0 Å². The van der Waals surface area contributed by atoms with Crippen LogP contribution in [0.5, 0.6) is 0 Å². The van der Waals surface area contributed by atoms with E-state index in [1.165, 1.54) is 32.9 Å². The van der Waals surface area contributed by atoms with E-state index in [1.54, 1.807) is 0 Å². The van der Waals surface area contributed by atoms with E-state index in [9.17, 15) is 0 Å². The minimum atomic E-state index is 1.18. The third-order valence-electron chi connectivity index (χ3n) is 3.70. The molecule has 0 bridgehead atoms. The van der Waals surface area contributed by atoms with Crippen molar-refractivity contribution in [3.8, 4) is 0 Å². The maximum absolute atomic E-state index is 3.92. The molecule has 0 saturated heterocycles. The number of aryl methyl sites for hydroxylation is 1. The van der Waals surface area contributed by atoms with Crippen molar-refractivity contribution < 1.29 is 0 Å². The summed E-state index contributed by atoms with van der Waals surface area (Å²) in [6.45, 7) is 5.97. The summed E-state index contributed by atoms with van der Waals surface area (Å²) < 4.78 is 2.27. The van der Waals surface area contributed by atoms with Gasteiger partial charge in [0.1, 0.15) is 0 Å². The van der Waals surface area contributed by atoms with Crippen molar-refractivity contribution in [1.29, 1.82) is 0 Å². The Labute approximate surface area is 113 Å². The molecule has 1 heteroatoms. The number of para-hydroxylation sites is 1. The average molecular weight is 247 g/mol. The maximum Gasteiger partial charge on any atom is 0.0568 e. The van der Waals surface area contributed by atoms with E-state index in [1.807, 2.05) is 13.0 Å². The Morgan fingerprint density at radius 1 is 1.05 bits per heavy atom. The maximum atomic E-state index is 3.92. The fourth-order valence-electron chi connectivity index (χ4n) is 2.84. The first-order chi connectivity index (χ1) is 9.27. The van der Waals surface area contributed by atoms with Crippen LogP contribution in [0.4, 0.5) is 0 Å². The number of hydrogen-bond donors (Lipinski definition) is 0. The van der Waals surface area contributed by atoms with Gasteiger partial charge >= 0.3 is 0 Å². The number of benzene rings is 2. The minimum absolute atomic E-state index is 1.18. The first-order valence-electron chi connectivity index (χ1n) is 6.53. The average Bonchev–Trinajstić information content (AvgIpc) is 2.74. The third kappa shape index (κ3) is 1.62. The van der Waals surface area contributed by atoms with Gasteiger partial charge < -0.3 is 4.57 Å².